The van der Waals surface area contributed by atoms with Crippen LogP contribution in [0.2, 0.25) is 0 Å². The molecular weight excluding hydrogens is 358 g/mol. The van der Waals surface area contributed by atoms with Crippen LogP contribution in [0.25, 0.3) is 11.5 Å². The van der Waals surface area contributed by atoms with Crippen molar-refractivity contribution in [3.63, 3.8) is 0 Å². The predicted octanol–water partition coefficient (Wildman–Crippen LogP) is 3.92. The molecule has 3 aromatic rings. The molecule has 0 N–H and O–H groups in total. The fourth-order valence-electron chi connectivity index (χ4n) is 3.27. The van der Waals surface area contributed by atoms with Gasteiger partial charge in [-0.05, 0) is 30.7 Å². The number of piperazine rings is 1. The molecule has 6 heteroatoms. The molecule has 1 aliphatic heterocycles. The number of benzene rings is 1. The highest BCUT2D eigenvalue weighted by molar-refractivity contribution is 7.11. The molecule has 0 spiro atoms. The molecule has 27 heavy (non-hydrogen) atoms. The monoisotopic (exact) mass is 381 g/mol. The van der Waals surface area contributed by atoms with Crippen LogP contribution in [0.15, 0.2) is 53.1 Å². The van der Waals surface area contributed by atoms with Gasteiger partial charge in [-0.1, -0.05) is 25.1 Å². The van der Waals surface area contributed by atoms with Crippen LogP contribution < -0.4 is 0 Å². The number of aromatic nitrogens is 1. The number of amides is 1. The van der Waals surface area contributed by atoms with Gasteiger partial charge in [-0.2, -0.15) is 0 Å². The third-order valence-corrected chi connectivity index (χ3v) is 6.06. The van der Waals surface area contributed by atoms with Gasteiger partial charge in [0.1, 0.15) is 6.26 Å². The van der Waals surface area contributed by atoms with Gasteiger partial charge < -0.3 is 9.32 Å². The first-order chi connectivity index (χ1) is 13.2. The summed E-state index contributed by atoms with van der Waals surface area (Å²) in [4.78, 5) is 24.2. The maximum atomic E-state index is 12.7. The number of thiophene rings is 1. The average Bonchev–Trinajstić information content (AvgIpc) is 3.38. The minimum atomic E-state index is -0.0510. The lowest BCUT2D eigenvalue weighted by atomic mass is 10.2. The van der Waals surface area contributed by atoms with E-state index in [9.17, 15) is 4.79 Å². The Morgan fingerprint density at radius 3 is 2.52 bits per heavy atom. The zero-order chi connectivity index (χ0) is 18.6. The molecule has 1 aliphatic rings. The van der Waals surface area contributed by atoms with Gasteiger partial charge in [-0.15, -0.1) is 11.3 Å². The Morgan fingerprint density at radius 2 is 1.81 bits per heavy atom. The zero-order valence-electron chi connectivity index (χ0n) is 15.4. The molecule has 5 nitrogen and oxygen atoms in total. The van der Waals surface area contributed by atoms with E-state index < -0.39 is 0 Å². The predicted molar refractivity (Wildman–Crippen MR) is 107 cm³/mol. The van der Waals surface area contributed by atoms with Gasteiger partial charge in [-0.3, -0.25) is 9.69 Å². The standard InChI is InChI=1S/C21H23N3O2S/c1-2-17-8-9-18(27-17)14-23-10-12-24(13-11-23)21(25)19-15-26-20(22-19)16-6-4-3-5-7-16/h3-9,15H,2,10-14H2,1H3. The highest BCUT2D eigenvalue weighted by Gasteiger charge is 2.24. The van der Waals surface area contributed by atoms with Crippen molar-refractivity contribution in [2.45, 2.75) is 19.9 Å². The molecule has 0 aliphatic carbocycles. The van der Waals surface area contributed by atoms with Crippen molar-refractivity contribution < 1.29 is 9.21 Å². The summed E-state index contributed by atoms with van der Waals surface area (Å²) >= 11 is 1.89. The Bertz CT molecular complexity index is 895. The van der Waals surface area contributed by atoms with Crippen LogP contribution in [0.4, 0.5) is 0 Å². The molecule has 0 radical (unpaired) electrons. The third kappa shape index (κ3) is 4.12. The van der Waals surface area contributed by atoms with Crippen LogP contribution in [0.3, 0.4) is 0 Å². The number of hydrogen-bond donors (Lipinski definition) is 0. The van der Waals surface area contributed by atoms with Crippen molar-refractivity contribution in [2.75, 3.05) is 26.2 Å². The van der Waals surface area contributed by atoms with Gasteiger partial charge >= 0.3 is 0 Å². The SMILES string of the molecule is CCc1ccc(CN2CCN(C(=O)c3coc(-c4ccccc4)n3)CC2)s1. The topological polar surface area (TPSA) is 49.6 Å². The van der Waals surface area contributed by atoms with Crippen molar-refractivity contribution in [1.29, 1.82) is 0 Å². The highest BCUT2D eigenvalue weighted by atomic mass is 32.1. The maximum Gasteiger partial charge on any atom is 0.275 e. The van der Waals surface area contributed by atoms with Crippen molar-refractivity contribution in [2.24, 2.45) is 0 Å². The summed E-state index contributed by atoms with van der Waals surface area (Å²) in [6.07, 6.45) is 2.56. The Morgan fingerprint density at radius 1 is 1.07 bits per heavy atom. The smallest absolute Gasteiger partial charge is 0.275 e. The summed E-state index contributed by atoms with van der Waals surface area (Å²) in [6, 6.07) is 14.1. The largest absolute Gasteiger partial charge is 0.444 e. The summed E-state index contributed by atoms with van der Waals surface area (Å²) in [5.74, 6) is 0.437. The summed E-state index contributed by atoms with van der Waals surface area (Å²) in [6.45, 7) is 6.36. The lowest BCUT2D eigenvalue weighted by molar-refractivity contribution is 0.0624. The Labute approximate surface area is 163 Å². The van der Waals surface area contributed by atoms with Gasteiger partial charge in [0.15, 0.2) is 5.69 Å². The van der Waals surface area contributed by atoms with E-state index in [0.29, 0.717) is 11.6 Å². The van der Waals surface area contributed by atoms with Crippen molar-refractivity contribution in [1.82, 2.24) is 14.8 Å². The molecule has 1 amide bonds. The first-order valence-corrected chi connectivity index (χ1v) is 10.1. The number of oxazole rings is 1. The van der Waals surface area contributed by atoms with Crippen LogP contribution in [-0.2, 0) is 13.0 Å². The summed E-state index contributed by atoms with van der Waals surface area (Å²) in [5, 5.41) is 0. The van der Waals surface area contributed by atoms with Gasteiger partial charge in [0, 0.05) is 48.0 Å². The number of hydrogen-bond acceptors (Lipinski definition) is 5. The molecular formula is C21H23N3O2S. The molecule has 1 aromatic carbocycles. The molecule has 0 bridgehead atoms. The number of aryl methyl sites for hydroxylation is 1. The molecule has 140 valence electrons. The number of rotatable bonds is 5. The van der Waals surface area contributed by atoms with E-state index in [0.717, 1.165) is 44.7 Å². The van der Waals surface area contributed by atoms with Gasteiger partial charge in [0.25, 0.3) is 5.91 Å². The number of carbonyl (C=O) groups is 1. The van der Waals surface area contributed by atoms with Crippen molar-refractivity contribution in [3.8, 4) is 11.5 Å². The van der Waals surface area contributed by atoms with Crippen molar-refractivity contribution in [3.05, 3.63) is 64.2 Å². The summed E-state index contributed by atoms with van der Waals surface area (Å²) in [5.41, 5.74) is 1.26. The van der Waals surface area contributed by atoms with E-state index >= 15 is 0 Å². The minimum Gasteiger partial charge on any atom is -0.444 e. The van der Waals surface area contributed by atoms with E-state index in [2.05, 4.69) is 28.9 Å². The zero-order valence-corrected chi connectivity index (χ0v) is 16.2. The quantitative estimate of drug-likeness (QED) is 0.672. The Balaban J connectivity index is 1.34. The molecule has 4 rings (SSSR count). The van der Waals surface area contributed by atoms with E-state index in [1.165, 1.54) is 16.0 Å². The molecule has 0 atom stereocenters. The van der Waals surface area contributed by atoms with E-state index in [-0.39, 0.29) is 5.91 Å². The van der Waals surface area contributed by atoms with Gasteiger partial charge in [0.05, 0.1) is 0 Å². The lowest BCUT2D eigenvalue weighted by Crippen LogP contribution is -2.48. The molecule has 3 heterocycles. The van der Waals surface area contributed by atoms with E-state index in [4.69, 9.17) is 4.42 Å². The average molecular weight is 382 g/mol. The normalized spacial score (nSPS) is 15.2. The van der Waals surface area contributed by atoms with Crippen LogP contribution in [0.1, 0.15) is 27.2 Å². The van der Waals surface area contributed by atoms with E-state index in [1.54, 1.807) is 0 Å². The number of carbonyl (C=O) groups excluding carboxylic acids is 1. The summed E-state index contributed by atoms with van der Waals surface area (Å²) < 4.78 is 5.51. The van der Waals surface area contributed by atoms with Crippen molar-refractivity contribution >= 4 is 17.2 Å². The first-order valence-electron chi connectivity index (χ1n) is 9.33. The fourth-order valence-corrected chi connectivity index (χ4v) is 4.27. The van der Waals surface area contributed by atoms with Crippen LogP contribution in [-0.4, -0.2) is 46.9 Å². The molecule has 0 saturated carbocycles. The van der Waals surface area contributed by atoms with Gasteiger partial charge in [-0.25, -0.2) is 4.98 Å². The summed E-state index contributed by atoms with van der Waals surface area (Å²) in [7, 11) is 0. The molecule has 2 aromatic heterocycles. The molecule has 0 unspecified atom stereocenters. The van der Waals surface area contributed by atoms with E-state index in [1.807, 2.05) is 46.6 Å². The molecule has 1 fully saturated rings. The minimum absolute atomic E-state index is 0.0510. The number of nitrogens with zero attached hydrogens (tertiary/aromatic N) is 3. The van der Waals surface area contributed by atoms with Gasteiger partial charge in [0.2, 0.25) is 5.89 Å². The molecule has 1 saturated heterocycles. The Hall–Kier alpha value is -2.44. The third-order valence-electron chi connectivity index (χ3n) is 4.85. The second-order valence-corrected chi connectivity index (χ2v) is 7.95. The second-order valence-electron chi connectivity index (χ2n) is 6.69. The fraction of sp³-hybridized carbons (Fsp3) is 0.333. The van der Waals surface area contributed by atoms with Crippen LogP contribution in [0.5, 0.6) is 0 Å². The second kappa shape index (κ2) is 8.06. The van der Waals surface area contributed by atoms with Crippen LogP contribution in [0, 0.1) is 0 Å². The first kappa shape index (κ1) is 17.9. The van der Waals surface area contributed by atoms with Crippen LogP contribution >= 0.6 is 11.3 Å². The highest BCUT2D eigenvalue weighted by Crippen LogP contribution is 2.21. The maximum absolute atomic E-state index is 12.7. The Kier molecular flexibility index (Phi) is 5.36. The lowest BCUT2D eigenvalue weighted by Gasteiger charge is -2.34.